The number of fused-ring (bicyclic) bond motifs is 1. The molecule has 200 valence electrons. The summed E-state index contributed by atoms with van der Waals surface area (Å²) in [5.74, 6) is -1.53. The molecule has 2 bridgehead atoms. The molecule has 7 nitrogen and oxygen atoms in total. The van der Waals surface area contributed by atoms with E-state index in [0.717, 1.165) is 12.1 Å². The van der Waals surface area contributed by atoms with Crippen molar-refractivity contribution in [3.63, 3.8) is 0 Å². The summed E-state index contributed by atoms with van der Waals surface area (Å²) in [6.45, 7) is 14.0. The molecule has 1 aromatic carbocycles. The lowest BCUT2D eigenvalue weighted by molar-refractivity contribution is -0.146. The summed E-state index contributed by atoms with van der Waals surface area (Å²) in [6.07, 6.45) is 5.40. The number of nitrogens with zero attached hydrogens (tertiary/aromatic N) is 3. The second-order valence-electron chi connectivity index (χ2n) is 10.5. The first kappa shape index (κ1) is 27.5. The van der Waals surface area contributed by atoms with Gasteiger partial charge in [-0.1, -0.05) is 37.3 Å². The number of aliphatic hydroxyl groups excluding tert-OH is 1. The first-order valence-corrected chi connectivity index (χ1v) is 14.1. The van der Waals surface area contributed by atoms with Crippen molar-refractivity contribution in [3.8, 4) is 0 Å². The first-order chi connectivity index (χ1) is 17.8. The Bertz CT molecular complexity index is 1040. The molecular formula is C29H39N3O4S. The number of hydrogen-bond donors (Lipinski definition) is 1. The molecule has 3 saturated heterocycles. The van der Waals surface area contributed by atoms with Crippen molar-refractivity contribution in [2.45, 2.75) is 68.2 Å². The van der Waals surface area contributed by atoms with Crippen LogP contribution < -0.4 is 4.90 Å². The Kier molecular flexibility index (Phi) is 8.19. The Morgan fingerprint density at radius 2 is 1.86 bits per heavy atom. The van der Waals surface area contributed by atoms with Gasteiger partial charge < -0.3 is 19.8 Å². The highest BCUT2D eigenvalue weighted by Gasteiger charge is 2.74. The Morgan fingerprint density at radius 3 is 2.43 bits per heavy atom. The molecule has 3 aliphatic rings. The topological polar surface area (TPSA) is 81.2 Å². The highest BCUT2D eigenvalue weighted by molar-refractivity contribution is 8.02. The quantitative estimate of drug-likeness (QED) is 0.448. The zero-order valence-electron chi connectivity index (χ0n) is 22.1. The first-order valence-electron chi connectivity index (χ1n) is 13.3. The minimum Gasteiger partial charge on any atom is -0.394 e. The minimum atomic E-state index is -0.721. The summed E-state index contributed by atoms with van der Waals surface area (Å²) < 4.78 is -0.688. The standard InChI is InChI=1S/C29H39N3O4S/c1-6-16-30(19(4)5)28(36)25-29-15-14-22(37-29)23(24(29)27(35)32(25)20(8-3)18-33)26(34)31(17-7-2)21-12-10-9-11-13-21/h6-7,9-13,19-20,22-25,33H,1-2,8,14-18H2,3-5H3/t20-,22-,23+,24-,25?,29?/m0/s1. The van der Waals surface area contributed by atoms with Gasteiger partial charge in [-0.15, -0.1) is 24.9 Å². The van der Waals surface area contributed by atoms with Crippen LogP contribution in [-0.4, -0.2) is 80.4 Å². The second kappa shape index (κ2) is 11.0. The lowest BCUT2D eigenvalue weighted by Gasteiger charge is -2.40. The maximum Gasteiger partial charge on any atom is 0.247 e. The largest absolute Gasteiger partial charge is 0.394 e. The number of amides is 3. The lowest BCUT2D eigenvalue weighted by Crippen LogP contribution is -2.58. The van der Waals surface area contributed by atoms with Gasteiger partial charge in [-0.2, -0.15) is 0 Å². The number of carbonyl (C=O) groups excluding carboxylic acids is 3. The molecule has 37 heavy (non-hydrogen) atoms. The van der Waals surface area contributed by atoms with Crippen LogP contribution >= 0.6 is 11.8 Å². The third-order valence-electron chi connectivity index (χ3n) is 8.21. The summed E-state index contributed by atoms with van der Waals surface area (Å²) in [5.41, 5.74) is 0.767. The van der Waals surface area contributed by atoms with Crippen molar-refractivity contribution < 1.29 is 19.5 Å². The molecule has 3 heterocycles. The molecule has 8 heteroatoms. The molecule has 3 amide bonds. The summed E-state index contributed by atoms with van der Waals surface area (Å²) in [6, 6.07) is 8.19. The van der Waals surface area contributed by atoms with E-state index in [9.17, 15) is 19.5 Å². The molecule has 2 unspecified atom stereocenters. The number of rotatable bonds is 11. The van der Waals surface area contributed by atoms with Gasteiger partial charge >= 0.3 is 0 Å². The van der Waals surface area contributed by atoms with Crippen molar-refractivity contribution in [3.05, 3.63) is 55.6 Å². The van der Waals surface area contributed by atoms with Crippen LogP contribution in [0.1, 0.15) is 40.0 Å². The van der Waals surface area contributed by atoms with Crippen LogP contribution in [-0.2, 0) is 14.4 Å². The molecule has 1 aromatic rings. The SMILES string of the molecule is C=CCN(C(=O)[C@@H]1[C@@H]2CCC3(S2)C(C(=O)N(CC=C)C(C)C)N([C@@H](CC)CO)C(=O)[C@H]13)c1ccccc1. The fraction of sp³-hybridized carbons (Fsp3) is 0.552. The number of thioether (sulfide) groups is 1. The van der Waals surface area contributed by atoms with Crippen LogP contribution in [0.25, 0.3) is 0 Å². The smallest absolute Gasteiger partial charge is 0.247 e. The Balaban J connectivity index is 1.79. The van der Waals surface area contributed by atoms with Crippen LogP contribution in [0.5, 0.6) is 0 Å². The molecule has 3 fully saturated rings. The molecule has 4 rings (SSSR count). The Morgan fingerprint density at radius 1 is 1.19 bits per heavy atom. The molecule has 3 aliphatic heterocycles. The fourth-order valence-electron chi connectivity index (χ4n) is 6.55. The van der Waals surface area contributed by atoms with Crippen molar-refractivity contribution >= 4 is 35.2 Å². The van der Waals surface area contributed by atoms with E-state index >= 15 is 0 Å². The summed E-state index contributed by atoms with van der Waals surface area (Å²) in [5, 5.41) is 10.2. The maximum atomic E-state index is 14.2. The maximum absolute atomic E-state index is 14.2. The van der Waals surface area contributed by atoms with E-state index in [0.29, 0.717) is 25.9 Å². The summed E-state index contributed by atoms with van der Waals surface area (Å²) in [7, 11) is 0. The summed E-state index contributed by atoms with van der Waals surface area (Å²) >= 11 is 1.66. The average Bonchev–Trinajstić information content (AvgIpc) is 3.54. The number of benzene rings is 1. The van der Waals surface area contributed by atoms with Crippen molar-refractivity contribution in [1.82, 2.24) is 9.80 Å². The number of likely N-dealkylation sites (tertiary alicyclic amines) is 1. The Labute approximate surface area is 224 Å². The van der Waals surface area contributed by atoms with Gasteiger partial charge in [0, 0.05) is 30.1 Å². The highest BCUT2D eigenvalue weighted by atomic mass is 32.2. The van der Waals surface area contributed by atoms with Crippen molar-refractivity contribution in [2.75, 3.05) is 24.6 Å². The van der Waals surface area contributed by atoms with Gasteiger partial charge in [0.15, 0.2) is 0 Å². The van der Waals surface area contributed by atoms with Gasteiger partial charge in [0.25, 0.3) is 0 Å². The van der Waals surface area contributed by atoms with E-state index in [-0.39, 0.29) is 35.6 Å². The van der Waals surface area contributed by atoms with E-state index in [1.165, 1.54) is 0 Å². The zero-order chi connectivity index (χ0) is 26.9. The predicted molar refractivity (Wildman–Crippen MR) is 148 cm³/mol. The monoisotopic (exact) mass is 525 g/mol. The van der Waals surface area contributed by atoms with Gasteiger partial charge in [0.2, 0.25) is 17.7 Å². The fourth-order valence-corrected chi connectivity index (χ4v) is 8.74. The van der Waals surface area contributed by atoms with Crippen LogP contribution in [0.2, 0.25) is 0 Å². The van der Waals surface area contributed by atoms with Crippen LogP contribution in [0, 0.1) is 11.8 Å². The predicted octanol–water partition coefficient (Wildman–Crippen LogP) is 3.49. The van der Waals surface area contributed by atoms with Crippen LogP contribution in [0.3, 0.4) is 0 Å². The number of anilines is 1. The third-order valence-corrected chi connectivity index (χ3v) is 10.2. The van der Waals surface area contributed by atoms with Gasteiger partial charge in [-0.05, 0) is 45.2 Å². The Hall–Kier alpha value is -2.58. The average molecular weight is 526 g/mol. The minimum absolute atomic E-state index is 0.0314. The normalized spacial score (nSPS) is 28.8. The molecule has 1 spiro atoms. The molecule has 0 saturated carbocycles. The molecule has 0 radical (unpaired) electrons. The summed E-state index contributed by atoms with van der Waals surface area (Å²) in [4.78, 5) is 47.7. The third kappa shape index (κ3) is 4.42. The lowest BCUT2D eigenvalue weighted by atomic mass is 9.70. The van der Waals surface area contributed by atoms with Crippen LogP contribution in [0.4, 0.5) is 5.69 Å². The van der Waals surface area contributed by atoms with E-state index in [1.807, 2.05) is 51.1 Å². The van der Waals surface area contributed by atoms with Gasteiger partial charge in [0.1, 0.15) is 6.04 Å². The van der Waals surface area contributed by atoms with Gasteiger partial charge in [-0.25, -0.2) is 0 Å². The van der Waals surface area contributed by atoms with Crippen LogP contribution in [0.15, 0.2) is 55.6 Å². The number of carbonyl (C=O) groups is 3. The molecular weight excluding hydrogens is 486 g/mol. The van der Waals surface area contributed by atoms with E-state index in [1.54, 1.807) is 38.6 Å². The van der Waals surface area contributed by atoms with Gasteiger partial charge in [-0.3, -0.25) is 14.4 Å². The molecule has 0 aromatic heterocycles. The molecule has 6 atom stereocenters. The highest BCUT2D eigenvalue weighted by Crippen LogP contribution is 2.67. The van der Waals surface area contributed by atoms with E-state index in [4.69, 9.17) is 0 Å². The molecule has 1 N–H and O–H groups in total. The van der Waals surface area contributed by atoms with Crippen molar-refractivity contribution in [2.24, 2.45) is 11.8 Å². The number of aliphatic hydroxyl groups is 1. The second-order valence-corrected chi connectivity index (χ2v) is 12.1. The van der Waals surface area contributed by atoms with E-state index < -0.39 is 28.7 Å². The number of para-hydroxylation sites is 1. The number of hydrogen-bond acceptors (Lipinski definition) is 5. The zero-order valence-corrected chi connectivity index (χ0v) is 22.9. The molecule has 0 aliphatic carbocycles. The van der Waals surface area contributed by atoms with E-state index in [2.05, 4.69) is 13.2 Å². The van der Waals surface area contributed by atoms with Gasteiger partial charge in [0.05, 0.1) is 29.2 Å². The van der Waals surface area contributed by atoms with Crippen molar-refractivity contribution in [1.29, 1.82) is 0 Å².